The lowest BCUT2D eigenvalue weighted by Crippen LogP contribution is -2.35. The smallest absolute Gasteiger partial charge is 0.293 e. The van der Waals surface area contributed by atoms with E-state index in [0.29, 0.717) is 10.7 Å². The van der Waals surface area contributed by atoms with Gasteiger partial charge in [-0.2, -0.15) is 0 Å². The van der Waals surface area contributed by atoms with Gasteiger partial charge in [0.2, 0.25) is 5.91 Å². The molecule has 0 aliphatic rings. The van der Waals surface area contributed by atoms with Crippen LogP contribution in [0.3, 0.4) is 0 Å². The average Bonchev–Trinajstić information content (AvgIpc) is 2.63. The second kappa shape index (κ2) is 8.70. The number of nitro groups is 1. The topological polar surface area (TPSA) is 105 Å². The van der Waals surface area contributed by atoms with Crippen LogP contribution in [0.1, 0.15) is 10.4 Å². The number of hydrogen-bond donors (Lipinski definition) is 2. The summed E-state index contributed by atoms with van der Waals surface area (Å²) in [6, 6.07) is 8.67. The minimum atomic E-state index is -0.584. The van der Waals surface area contributed by atoms with Crippen molar-refractivity contribution in [2.45, 2.75) is 0 Å². The number of likely N-dealkylation sites (N-methyl/N-ethyl adjacent to an activating group) is 1. The molecular formula is C17H16Cl2N4O4. The molecule has 0 unspecified atom stereocenters. The predicted octanol–water partition coefficient (Wildman–Crippen LogP) is 3.65. The zero-order valence-electron chi connectivity index (χ0n) is 14.5. The normalized spacial score (nSPS) is 10.2. The fourth-order valence-corrected chi connectivity index (χ4v) is 2.61. The minimum Gasteiger partial charge on any atom is -0.383 e. The molecule has 2 amide bonds. The summed E-state index contributed by atoms with van der Waals surface area (Å²) in [4.78, 5) is 36.3. The molecule has 2 rings (SSSR count). The van der Waals surface area contributed by atoms with Gasteiger partial charge in [0.15, 0.2) is 0 Å². The highest BCUT2D eigenvalue weighted by atomic mass is 35.5. The maximum atomic E-state index is 12.5. The van der Waals surface area contributed by atoms with Crippen LogP contribution in [0.2, 0.25) is 10.0 Å². The number of nitrogens with zero attached hydrogens (tertiary/aromatic N) is 2. The van der Waals surface area contributed by atoms with Gasteiger partial charge in [-0.15, -0.1) is 0 Å². The average molecular weight is 411 g/mol. The number of hydrogen-bond acceptors (Lipinski definition) is 5. The Hall–Kier alpha value is -2.84. The van der Waals surface area contributed by atoms with E-state index >= 15 is 0 Å². The van der Waals surface area contributed by atoms with Crippen molar-refractivity contribution >= 4 is 52.1 Å². The van der Waals surface area contributed by atoms with Gasteiger partial charge in [-0.3, -0.25) is 19.7 Å². The zero-order valence-corrected chi connectivity index (χ0v) is 16.0. The van der Waals surface area contributed by atoms with Crippen molar-refractivity contribution in [3.05, 3.63) is 62.1 Å². The Kier molecular flexibility index (Phi) is 6.59. The van der Waals surface area contributed by atoms with Crippen LogP contribution in [-0.4, -0.2) is 42.3 Å². The Labute approximate surface area is 165 Å². The minimum absolute atomic E-state index is 0.102. The Balaban J connectivity index is 2.08. The van der Waals surface area contributed by atoms with E-state index in [1.165, 1.54) is 37.4 Å². The van der Waals surface area contributed by atoms with Crippen LogP contribution in [-0.2, 0) is 4.79 Å². The summed E-state index contributed by atoms with van der Waals surface area (Å²) in [6.07, 6.45) is 0. The number of benzene rings is 2. The molecule has 0 bridgehead atoms. The van der Waals surface area contributed by atoms with Gasteiger partial charge in [-0.05, 0) is 30.3 Å². The molecule has 0 spiro atoms. The summed E-state index contributed by atoms with van der Waals surface area (Å²) < 4.78 is 0. The third-order valence-electron chi connectivity index (χ3n) is 3.64. The Morgan fingerprint density at radius 3 is 2.44 bits per heavy atom. The Bertz CT molecular complexity index is 904. The summed E-state index contributed by atoms with van der Waals surface area (Å²) in [7, 11) is 2.97. The van der Waals surface area contributed by atoms with E-state index in [2.05, 4.69) is 10.6 Å². The molecule has 0 atom stereocenters. The van der Waals surface area contributed by atoms with Crippen molar-refractivity contribution in [3.8, 4) is 0 Å². The number of rotatable bonds is 6. The molecule has 142 valence electrons. The van der Waals surface area contributed by atoms with Gasteiger partial charge in [0.25, 0.3) is 11.6 Å². The lowest BCUT2D eigenvalue weighted by atomic mass is 10.1. The molecular weight excluding hydrogens is 395 g/mol. The van der Waals surface area contributed by atoms with E-state index in [1.54, 1.807) is 13.1 Å². The number of nitrogens with one attached hydrogen (secondary N) is 2. The number of carbonyl (C=O) groups excluding carboxylic acids is 2. The first-order chi connectivity index (χ1) is 12.7. The summed E-state index contributed by atoms with van der Waals surface area (Å²) in [5.74, 6) is -0.976. The van der Waals surface area contributed by atoms with Gasteiger partial charge in [0, 0.05) is 31.4 Å². The second-order valence-electron chi connectivity index (χ2n) is 5.58. The molecule has 2 aromatic rings. The van der Waals surface area contributed by atoms with E-state index in [4.69, 9.17) is 23.2 Å². The summed E-state index contributed by atoms with van der Waals surface area (Å²) in [5.41, 5.74) is 0.600. The molecule has 10 heteroatoms. The van der Waals surface area contributed by atoms with E-state index in [9.17, 15) is 19.7 Å². The summed E-state index contributed by atoms with van der Waals surface area (Å²) in [6.45, 7) is -0.249. The molecule has 2 aromatic carbocycles. The molecule has 0 aliphatic heterocycles. The molecule has 0 saturated carbocycles. The molecule has 0 aliphatic carbocycles. The molecule has 0 fully saturated rings. The van der Waals surface area contributed by atoms with Crippen LogP contribution in [0.5, 0.6) is 0 Å². The van der Waals surface area contributed by atoms with Crippen molar-refractivity contribution in [2.24, 2.45) is 0 Å². The van der Waals surface area contributed by atoms with Gasteiger partial charge in [-0.1, -0.05) is 23.2 Å². The van der Waals surface area contributed by atoms with Gasteiger partial charge in [-0.25, -0.2) is 0 Å². The number of amides is 2. The van der Waals surface area contributed by atoms with Gasteiger partial charge in [0.05, 0.1) is 21.5 Å². The van der Waals surface area contributed by atoms with Gasteiger partial charge in [0.1, 0.15) is 5.69 Å². The Morgan fingerprint density at radius 2 is 1.85 bits per heavy atom. The molecule has 27 heavy (non-hydrogen) atoms. The third kappa shape index (κ3) is 5.08. The number of carbonyl (C=O) groups is 2. The molecule has 0 radical (unpaired) electrons. The van der Waals surface area contributed by atoms with Crippen molar-refractivity contribution in [1.29, 1.82) is 0 Å². The van der Waals surface area contributed by atoms with Crippen LogP contribution in [0.25, 0.3) is 0 Å². The monoisotopic (exact) mass is 410 g/mol. The highest BCUT2D eigenvalue weighted by Crippen LogP contribution is 2.26. The standard InChI is InChI=1S/C17H16Cl2N4O4/c1-20-14-6-3-10(7-15(14)23(26)27)17(25)22(2)9-16(24)21-11-4-5-12(18)13(19)8-11/h3-8,20H,9H2,1-2H3,(H,21,24). The van der Waals surface area contributed by atoms with E-state index < -0.39 is 16.7 Å². The van der Waals surface area contributed by atoms with Crippen LogP contribution in [0, 0.1) is 10.1 Å². The largest absolute Gasteiger partial charge is 0.383 e. The first-order valence-corrected chi connectivity index (χ1v) is 8.45. The first-order valence-electron chi connectivity index (χ1n) is 7.69. The molecule has 2 N–H and O–H groups in total. The van der Waals surface area contributed by atoms with Crippen LogP contribution in [0.4, 0.5) is 17.1 Å². The van der Waals surface area contributed by atoms with Crippen molar-refractivity contribution in [2.75, 3.05) is 31.3 Å². The van der Waals surface area contributed by atoms with Crippen molar-refractivity contribution in [1.82, 2.24) is 4.90 Å². The zero-order chi connectivity index (χ0) is 20.1. The lowest BCUT2D eigenvalue weighted by molar-refractivity contribution is -0.384. The van der Waals surface area contributed by atoms with Gasteiger partial charge >= 0.3 is 0 Å². The maximum absolute atomic E-state index is 12.5. The van der Waals surface area contributed by atoms with Gasteiger partial charge < -0.3 is 15.5 Å². The van der Waals surface area contributed by atoms with Crippen molar-refractivity contribution in [3.63, 3.8) is 0 Å². The molecule has 8 nitrogen and oxygen atoms in total. The lowest BCUT2D eigenvalue weighted by Gasteiger charge is -2.17. The van der Waals surface area contributed by atoms with E-state index in [0.717, 1.165) is 4.90 Å². The maximum Gasteiger partial charge on any atom is 0.293 e. The highest BCUT2D eigenvalue weighted by molar-refractivity contribution is 6.42. The van der Waals surface area contributed by atoms with Crippen molar-refractivity contribution < 1.29 is 14.5 Å². The quantitative estimate of drug-likeness (QED) is 0.558. The summed E-state index contributed by atoms with van der Waals surface area (Å²) >= 11 is 11.7. The second-order valence-corrected chi connectivity index (χ2v) is 6.39. The highest BCUT2D eigenvalue weighted by Gasteiger charge is 2.20. The summed E-state index contributed by atoms with van der Waals surface area (Å²) in [5, 5.41) is 17.0. The van der Waals surface area contributed by atoms with Crippen LogP contribution < -0.4 is 10.6 Å². The fourth-order valence-electron chi connectivity index (χ4n) is 2.31. The number of halogens is 2. The number of anilines is 2. The first kappa shape index (κ1) is 20.5. The van der Waals surface area contributed by atoms with E-state index in [1.807, 2.05) is 0 Å². The molecule has 0 aromatic heterocycles. The predicted molar refractivity (Wildman–Crippen MR) is 105 cm³/mol. The van der Waals surface area contributed by atoms with Crippen LogP contribution >= 0.6 is 23.2 Å². The Morgan fingerprint density at radius 1 is 1.15 bits per heavy atom. The van der Waals surface area contributed by atoms with E-state index in [-0.39, 0.29) is 28.5 Å². The molecule has 0 saturated heterocycles. The van der Waals surface area contributed by atoms with Crippen LogP contribution in [0.15, 0.2) is 36.4 Å². The third-order valence-corrected chi connectivity index (χ3v) is 4.38. The molecule has 0 heterocycles. The SMILES string of the molecule is CNc1ccc(C(=O)N(C)CC(=O)Nc2ccc(Cl)c(Cl)c2)cc1[N+](=O)[O-]. The fraction of sp³-hybridized carbons (Fsp3) is 0.176. The number of nitro benzene ring substituents is 1.